The summed E-state index contributed by atoms with van der Waals surface area (Å²) in [4.78, 5) is 28.9. The van der Waals surface area contributed by atoms with Crippen LogP contribution in [0.1, 0.15) is 94.0 Å². The van der Waals surface area contributed by atoms with Gasteiger partial charge in [-0.2, -0.15) is 13.2 Å². The van der Waals surface area contributed by atoms with Gasteiger partial charge in [0.05, 0.1) is 17.4 Å². The molecule has 5 rings (SSSR count). The van der Waals surface area contributed by atoms with Crippen molar-refractivity contribution in [3.05, 3.63) is 47.3 Å². The first kappa shape index (κ1) is 27.6. The second kappa shape index (κ2) is 10.2. The minimum Gasteiger partial charge on any atom is -0.391 e. The second-order valence-corrected chi connectivity index (χ2v) is 12.3. The molecule has 1 aromatic carbocycles. The molecule has 0 bridgehead atoms. The third-order valence-electron chi connectivity index (χ3n) is 8.22. The van der Waals surface area contributed by atoms with Crippen LogP contribution in [0.25, 0.3) is 0 Å². The first-order valence-electron chi connectivity index (χ1n) is 13.7. The number of aromatic nitrogens is 3. The molecular weight excluding hydrogens is 511 g/mol. The molecule has 212 valence electrons. The molecule has 1 aliphatic heterocycles. The van der Waals surface area contributed by atoms with Crippen LogP contribution >= 0.6 is 0 Å². The van der Waals surface area contributed by atoms with Crippen molar-refractivity contribution in [1.29, 1.82) is 0 Å². The zero-order chi connectivity index (χ0) is 28.1. The quantitative estimate of drug-likeness (QED) is 0.566. The van der Waals surface area contributed by atoms with Crippen molar-refractivity contribution >= 4 is 11.8 Å². The summed E-state index contributed by atoms with van der Waals surface area (Å²) in [6.45, 7) is 5.74. The molecule has 2 unspecified atom stereocenters. The average molecular weight is 548 g/mol. The molecule has 2 saturated carbocycles. The Kier molecular flexibility index (Phi) is 7.24. The molecule has 0 radical (unpaired) electrons. The lowest BCUT2D eigenvalue weighted by Crippen LogP contribution is -2.52. The van der Waals surface area contributed by atoms with Crippen LogP contribution in [0.4, 0.5) is 13.2 Å². The van der Waals surface area contributed by atoms with Gasteiger partial charge in [0, 0.05) is 37.0 Å². The summed E-state index contributed by atoms with van der Waals surface area (Å²) in [6.07, 6.45) is 0.327. The SMILES string of the molecule is CC(C)(C)[C@@H](C(=O)N1C[C@H](O)C[C@H]1C(=O)NC1CCCC1c1ccccc1C(F)(F)F)n1cc(C2CC2)nn1. The van der Waals surface area contributed by atoms with Gasteiger partial charge in [-0.25, -0.2) is 4.68 Å². The summed E-state index contributed by atoms with van der Waals surface area (Å²) >= 11 is 0. The van der Waals surface area contributed by atoms with Crippen LogP contribution in [0, 0.1) is 5.41 Å². The lowest BCUT2D eigenvalue weighted by molar-refractivity contribution is -0.144. The standard InChI is InChI=1S/C28H36F3N5O3/c1-27(2,3)24(36-15-22(33-34-36)16-11-12-16)26(39)35-14-17(37)13-23(35)25(38)32-21-10-6-8-19(21)18-7-4-5-9-20(18)28(29,30)31/h4-5,7,9,15-17,19,21,23-24,37H,6,8,10-14H2,1-3H3,(H,32,38)/t17-,19?,21?,23+,24-/m1/s1. The summed E-state index contributed by atoms with van der Waals surface area (Å²) in [6, 6.07) is 3.35. The maximum absolute atomic E-state index is 13.9. The number of β-amino-alcohol motifs (C(OH)–C–C–N with tert-alkyl or cyclic N) is 1. The Labute approximate surface area is 225 Å². The number of nitrogens with zero attached hydrogens (tertiary/aromatic N) is 4. The second-order valence-electron chi connectivity index (χ2n) is 12.3. The van der Waals surface area contributed by atoms with Gasteiger partial charge in [-0.05, 0) is 42.7 Å². The van der Waals surface area contributed by atoms with Crippen LogP contribution < -0.4 is 5.32 Å². The number of carbonyl (C=O) groups is 2. The zero-order valence-electron chi connectivity index (χ0n) is 22.5. The summed E-state index contributed by atoms with van der Waals surface area (Å²) in [5, 5.41) is 21.9. The maximum Gasteiger partial charge on any atom is 0.416 e. The van der Waals surface area contributed by atoms with Crippen LogP contribution in [0.3, 0.4) is 0 Å². The van der Waals surface area contributed by atoms with E-state index in [4.69, 9.17) is 0 Å². The molecule has 2 aliphatic carbocycles. The number of aliphatic hydroxyl groups is 1. The molecule has 2 heterocycles. The van der Waals surface area contributed by atoms with E-state index in [-0.39, 0.29) is 24.4 Å². The van der Waals surface area contributed by atoms with E-state index in [0.717, 1.165) is 24.6 Å². The number of halogens is 3. The minimum absolute atomic E-state index is 0.00131. The Bertz CT molecular complexity index is 1220. The molecule has 2 aromatic rings. The molecule has 2 N–H and O–H groups in total. The highest BCUT2D eigenvalue weighted by Crippen LogP contribution is 2.43. The Morgan fingerprint density at radius 1 is 1.10 bits per heavy atom. The Balaban J connectivity index is 1.36. The number of benzene rings is 1. The van der Waals surface area contributed by atoms with Crippen molar-refractivity contribution in [2.24, 2.45) is 5.41 Å². The maximum atomic E-state index is 13.9. The average Bonchev–Trinajstić information content (AvgIpc) is 3.22. The fourth-order valence-corrected chi connectivity index (χ4v) is 6.19. The van der Waals surface area contributed by atoms with Gasteiger partial charge >= 0.3 is 6.18 Å². The highest BCUT2D eigenvalue weighted by Gasteiger charge is 2.47. The van der Waals surface area contributed by atoms with Crippen molar-refractivity contribution in [2.45, 2.75) is 102 Å². The van der Waals surface area contributed by atoms with Crippen LogP contribution in [0.2, 0.25) is 0 Å². The molecule has 0 spiro atoms. The van der Waals surface area contributed by atoms with E-state index in [1.807, 2.05) is 20.8 Å². The van der Waals surface area contributed by atoms with Crippen LogP contribution in [0.15, 0.2) is 30.5 Å². The Hall–Kier alpha value is -2.95. The highest BCUT2D eigenvalue weighted by atomic mass is 19.4. The summed E-state index contributed by atoms with van der Waals surface area (Å²) in [5.74, 6) is -0.910. The number of aliphatic hydroxyl groups excluding tert-OH is 1. The molecule has 39 heavy (non-hydrogen) atoms. The number of hydrogen-bond donors (Lipinski definition) is 2. The van der Waals surface area contributed by atoms with Gasteiger partial charge in [-0.1, -0.05) is 50.6 Å². The smallest absolute Gasteiger partial charge is 0.391 e. The molecular formula is C28H36F3N5O3. The summed E-state index contributed by atoms with van der Waals surface area (Å²) < 4.78 is 42.7. The Morgan fingerprint density at radius 2 is 1.82 bits per heavy atom. The van der Waals surface area contributed by atoms with Gasteiger partial charge in [-0.15, -0.1) is 5.10 Å². The molecule has 1 aromatic heterocycles. The number of carbonyl (C=O) groups excluding carboxylic acids is 2. The minimum atomic E-state index is -4.49. The van der Waals surface area contributed by atoms with Crippen molar-refractivity contribution in [3.63, 3.8) is 0 Å². The van der Waals surface area contributed by atoms with E-state index in [1.54, 1.807) is 16.9 Å². The number of nitrogens with one attached hydrogen (secondary N) is 1. The predicted octanol–water partition coefficient (Wildman–Crippen LogP) is 4.18. The van der Waals surface area contributed by atoms with Gasteiger partial charge in [0.1, 0.15) is 12.1 Å². The number of amides is 2. The van der Waals surface area contributed by atoms with Gasteiger partial charge < -0.3 is 15.3 Å². The lowest BCUT2D eigenvalue weighted by atomic mass is 9.85. The topological polar surface area (TPSA) is 100 Å². The molecule has 2 amide bonds. The van der Waals surface area contributed by atoms with E-state index in [1.165, 1.54) is 17.0 Å². The third-order valence-corrected chi connectivity index (χ3v) is 8.22. The van der Waals surface area contributed by atoms with Crippen molar-refractivity contribution < 1.29 is 27.9 Å². The summed E-state index contributed by atoms with van der Waals surface area (Å²) in [5.41, 5.74) is -0.217. The van der Waals surface area contributed by atoms with Crippen LogP contribution in [-0.4, -0.2) is 61.5 Å². The lowest BCUT2D eigenvalue weighted by Gasteiger charge is -2.35. The number of likely N-dealkylation sites (tertiary alicyclic amines) is 1. The van der Waals surface area contributed by atoms with Gasteiger partial charge in [0.15, 0.2) is 0 Å². The summed E-state index contributed by atoms with van der Waals surface area (Å²) in [7, 11) is 0. The molecule has 3 fully saturated rings. The van der Waals surface area contributed by atoms with E-state index in [9.17, 15) is 27.9 Å². The number of rotatable bonds is 6. The van der Waals surface area contributed by atoms with Crippen molar-refractivity contribution in [1.82, 2.24) is 25.2 Å². The van der Waals surface area contributed by atoms with Gasteiger partial charge in [0.25, 0.3) is 0 Å². The van der Waals surface area contributed by atoms with Gasteiger partial charge in [-0.3, -0.25) is 9.59 Å². The van der Waals surface area contributed by atoms with E-state index in [2.05, 4.69) is 15.6 Å². The van der Waals surface area contributed by atoms with E-state index < -0.39 is 53.2 Å². The van der Waals surface area contributed by atoms with Gasteiger partial charge in [0.2, 0.25) is 11.8 Å². The predicted molar refractivity (Wildman–Crippen MR) is 137 cm³/mol. The van der Waals surface area contributed by atoms with E-state index >= 15 is 0 Å². The molecule has 1 saturated heterocycles. The van der Waals surface area contributed by atoms with Crippen molar-refractivity contribution in [3.8, 4) is 0 Å². The van der Waals surface area contributed by atoms with Crippen LogP contribution in [-0.2, 0) is 15.8 Å². The third kappa shape index (κ3) is 5.69. The number of hydrogen-bond acceptors (Lipinski definition) is 5. The van der Waals surface area contributed by atoms with E-state index in [0.29, 0.717) is 25.2 Å². The number of alkyl halides is 3. The molecule has 5 atom stereocenters. The first-order chi connectivity index (χ1) is 18.3. The molecule has 3 aliphatic rings. The van der Waals surface area contributed by atoms with Crippen molar-refractivity contribution in [2.75, 3.05) is 6.54 Å². The van der Waals surface area contributed by atoms with Crippen LogP contribution in [0.5, 0.6) is 0 Å². The first-order valence-corrected chi connectivity index (χ1v) is 13.7. The monoisotopic (exact) mass is 547 g/mol. The Morgan fingerprint density at radius 3 is 2.49 bits per heavy atom. The fourth-order valence-electron chi connectivity index (χ4n) is 6.19. The largest absolute Gasteiger partial charge is 0.416 e. The fraction of sp³-hybridized carbons (Fsp3) is 0.643. The zero-order valence-corrected chi connectivity index (χ0v) is 22.5. The molecule has 11 heteroatoms. The highest BCUT2D eigenvalue weighted by molar-refractivity contribution is 5.90. The molecule has 8 nitrogen and oxygen atoms in total. The normalized spacial score (nSPS) is 26.6.